The van der Waals surface area contributed by atoms with Gasteiger partial charge in [0.2, 0.25) is 5.91 Å². The van der Waals surface area contributed by atoms with Gasteiger partial charge >= 0.3 is 13.6 Å². The normalized spacial score (nSPS) is 15.1. The van der Waals surface area contributed by atoms with E-state index in [4.69, 9.17) is 0 Å². The third-order valence-electron chi connectivity index (χ3n) is 9.15. The Hall–Kier alpha value is -4.23. The van der Waals surface area contributed by atoms with Crippen molar-refractivity contribution in [3.8, 4) is 11.1 Å². The van der Waals surface area contributed by atoms with Crippen molar-refractivity contribution in [1.82, 2.24) is 5.32 Å². The molecule has 2 atom stereocenters. The summed E-state index contributed by atoms with van der Waals surface area (Å²) in [4.78, 5) is 49.2. The Morgan fingerprint density at radius 1 is 0.761 bits per heavy atom. The minimum Gasteiger partial charge on any atom is -0.481 e. The fourth-order valence-electron chi connectivity index (χ4n) is 6.89. The predicted octanol–water partition coefficient (Wildman–Crippen LogP) is 6.22. The zero-order chi connectivity index (χ0) is 32.3. The number of anilines is 1. The number of hydrogen-bond donors (Lipinski definition) is 4. The second-order valence-corrected chi connectivity index (χ2v) is 13.9. The van der Waals surface area contributed by atoms with Crippen molar-refractivity contribution in [2.24, 2.45) is 0 Å². The van der Waals surface area contributed by atoms with Crippen molar-refractivity contribution in [2.75, 3.05) is 11.4 Å². The average Bonchev–Trinajstić information content (AvgIpc) is 3.71. The Morgan fingerprint density at radius 2 is 1.37 bits per heavy atom. The molecule has 0 fully saturated rings. The SMILES string of the molecule is O=C(O)CCNC(=O)C(Cc1ccc(-c2ccccc2)cc1)N(c1ccc2c(c1)CCC2)C(c1ccc2c(c1)CCC2)P(=O)(O)O. The van der Waals surface area contributed by atoms with E-state index in [1.165, 1.54) is 11.1 Å². The van der Waals surface area contributed by atoms with E-state index in [1.807, 2.05) is 84.9 Å². The van der Waals surface area contributed by atoms with Gasteiger partial charge in [-0.3, -0.25) is 14.2 Å². The number of aryl methyl sites for hydroxylation is 4. The number of aliphatic carboxylic acids is 1. The van der Waals surface area contributed by atoms with Crippen LogP contribution in [-0.4, -0.2) is 39.4 Å². The Labute approximate surface area is 269 Å². The molecule has 46 heavy (non-hydrogen) atoms. The van der Waals surface area contributed by atoms with Crippen LogP contribution < -0.4 is 10.2 Å². The van der Waals surface area contributed by atoms with E-state index in [1.54, 1.807) is 11.0 Å². The molecule has 2 aliphatic carbocycles. The third kappa shape index (κ3) is 7.10. The lowest BCUT2D eigenvalue weighted by Crippen LogP contribution is -2.50. The topological polar surface area (TPSA) is 127 Å². The number of amides is 1. The molecule has 0 saturated heterocycles. The van der Waals surface area contributed by atoms with Gasteiger partial charge in [-0.2, -0.15) is 0 Å². The van der Waals surface area contributed by atoms with Gasteiger partial charge in [-0.1, -0.05) is 78.9 Å². The molecule has 0 radical (unpaired) electrons. The summed E-state index contributed by atoms with van der Waals surface area (Å²) < 4.78 is 13.6. The average molecular weight is 639 g/mol. The van der Waals surface area contributed by atoms with Crippen molar-refractivity contribution >= 4 is 25.2 Å². The summed E-state index contributed by atoms with van der Waals surface area (Å²) in [5.41, 5.74) is 8.44. The van der Waals surface area contributed by atoms with Crippen molar-refractivity contribution in [3.05, 3.63) is 124 Å². The fourth-order valence-corrected chi connectivity index (χ4v) is 8.06. The zero-order valence-corrected chi connectivity index (χ0v) is 26.5. The minimum atomic E-state index is -4.90. The van der Waals surface area contributed by atoms with E-state index >= 15 is 0 Å². The van der Waals surface area contributed by atoms with Crippen LogP contribution in [0.1, 0.15) is 58.4 Å². The largest absolute Gasteiger partial charge is 0.481 e. The molecule has 0 bridgehead atoms. The lowest BCUT2D eigenvalue weighted by Gasteiger charge is -2.40. The second kappa shape index (κ2) is 13.6. The molecule has 0 saturated carbocycles. The number of carbonyl (C=O) groups is 2. The maximum atomic E-state index is 14.1. The zero-order valence-electron chi connectivity index (χ0n) is 25.6. The number of benzene rings is 4. The van der Waals surface area contributed by atoms with Crippen LogP contribution in [0.25, 0.3) is 11.1 Å². The molecule has 4 aromatic carbocycles. The maximum absolute atomic E-state index is 14.1. The molecule has 2 aliphatic rings. The lowest BCUT2D eigenvalue weighted by atomic mass is 9.97. The lowest BCUT2D eigenvalue weighted by molar-refractivity contribution is -0.136. The summed E-state index contributed by atoms with van der Waals surface area (Å²) >= 11 is 0. The van der Waals surface area contributed by atoms with Crippen molar-refractivity contribution in [2.45, 2.75) is 63.2 Å². The number of carbonyl (C=O) groups excluding carboxylic acids is 1. The number of nitrogens with zero attached hydrogens (tertiary/aromatic N) is 1. The van der Waals surface area contributed by atoms with Crippen LogP contribution in [0.3, 0.4) is 0 Å². The first-order chi connectivity index (χ1) is 22.2. The quantitative estimate of drug-likeness (QED) is 0.136. The number of nitrogens with one attached hydrogen (secondary N) is 1. The molecule has 8 nitrogen and oxygen atoms in total. The first kappa shape index (κ1) is 31.7. The van der Waals surface area contributed by atoms with Crippen LogP contribution in [0.5, 0.6) is 0 Å². The van der Waals surface area contributed by atoms with Crippen LogP contribution in [-0.2, 0) is 46.3 Å². The van der Waals surface area contributed by atoms with Crippen LogP contribution in [0.4, 0.5) is 5.69 Å². The van der Waals surface area contributed by atoms with E-state index in [-0.39, 0.29) is 19.4 Å². The van der Waals surface area contributed by atoms with Crippen LogP contribution >= 0.6 is 7.60 Å². The van der Waals surface area contributed by atoms with Gasteiger partial charge in [-0.05, 0) is 95.2 Å². The molecule has 0 aromatic heterocycles. The highest BCUT2D eigenvalue weighted by Crippen LogP contribution is 2.56. The number of rotatable bonds is 12. The minimum absolute atomic E-state index is 0.102. The highest BCUT2D eigenvalue weighted by atomic mass is 31.2. The van der Waals surface area contributed by atoms with Gasteiger partial charge in [-0.25, -0.2) is 0 Å². The molecular weight excluding hydrogens is 599 g/mol. The molecule has 9 heteroatoms. The summed E-state index contributed by atoms with van der Waals surface area (Å²) in [6.45, 7) is -0.102. The van der Waals surface area contributed by atoms with Gasteiger partial charge in [0, 0.05) is 18.7 Å². The molecule has 0 spiro atoms. The molecule has 0 aliphatic heterocycles. The number of hydrogen-bond acceptors (Lipinski definition) is 4. The van der Waals surface area contributed by atoms with Crippen molar-refractivity contribution in [3.63, 3.8) is 0 Å². The van der Waals surface area contributed by atoms with Gasteiger partial charge < -0.3 is 25.1 Å². The maximum Gasteiger partial charge on any atom is 0.352 e. The molecule has 1 amide bonds. The van der Waals surface area contributed by atoms with Crippen LogP contribution in [0.2, 0.25) is 0 Å². The molecule has 0 heterocycles. The highest BCUT2D eigenvalue weighted by Gasteiger charge is 2.43. The van der Waals surface area contributed by atoms with E-state index in [2.05, 4.69) is 5.32 Å². The molecule has 4 N–H and O–H groups in total. The Morgan fingerprint density at radius 3 is 2.02 bits per heavy atom. The summed E-state index contributed by atoms with van der Waals surface area (Å²) in [7, 11) is -4.90. The molecule has 6 rings (SSSR count). The smallest absolute Gasteiger partial charge is 0.352 e. The van der Waals surface area contributed by atoms with Gasteiger partial charge in [0.05, 0.1) is 6.42 Å². The Kier molecular flexibility index (Phi) is 9.41. The van der Waals surface area contributed by atoms with Crippen molar-refractivity contribution in [1.29, 1.82) is 0 Å². The van der Waals surface area contributed by atoms with E-state index in [0.717, 1.165) is 66.3 Å². The summed E-state index contributed by atoms with van der Waals surface area (Å²) in [6.07, 6.45) is 5.42. The standard InChI is InChI=1S/C37H39N2O6P/c40-35(41)20-21-38-36(42)34(22-25-12-14-29(15-13-25)26-6-2-1-3-7-26)39(33-19-18-28-9-5-11-31(28)24-33)37(46(43,44)45)32-17-16-27-8-4-10-30(27)23-32/h1-3,6-7,12-19,23-24,34,37H,4-5,8-11,20-22H2,(H,38,42)(H,40,41)(H2,43,44,45). The van der Waals surface area contributed by atoms with E-state index < -0.39 is 31.3 Å². The molecule has 4 aromatic rings. The van der Waals surface area contributed by atoms with E-state index in [9.17, 15) is 29.0 Å². The molecule has 2 unspecified atom stereocenters. The Balaban J connectivity index is 1.46. The number of fused-ring (bicyclic) bond motifs is 2. The fraction of sp³-hybridized carbons (Fsp3) is 0.297. The summed E-state index contributed by atoms with van der Waals surface area (Å²) in [5, 5.41) is 12.0. The first-order valence-electron chi connectivity index (χ1n) is 15.9. The number of carboxylic acid groups (broad SMARTS) is 1. The van der Waals surface area contributed by atoms with Gasteiger partial charge in [0.1, 0.15) is 6.04 Å². The van der Waals surface area contributed by atoms with E-state index in [0.29, 0.717) is 11.3 Å². The van der Waals surface area contributed by atoms with Gasteiger partial charge in [0.25, 0.3) is 0 Å². The van der Waals surface area contributed by atoms with Gasteiger partial charge in [0.15, 0.2) is 5.78 Å². The number of carboxylic acids is 1. The molecule has 238 valence electrons. The third-order valence-corrected chi connectivity index (χ3v) is 10.3. The molecular formula is C37H39N2O6P. The van der Waals surface area contributed by atoms with Crippen molar-refractivity contribution < 1.29 is 29.0 Å². The Bertz CT molecular complexity index is 1770. The summed E-state index contributed by atoms with van der Waals surface area (Å²) in [6, 6.07) is 28.1. The highest BCUT2D eigenvalue weighted by molar-refractivity contribution is 7.52. The second-order valence-electron chi connectivity index (χ2n) is 12.3. The predicted molar refractivity (Wildman–Crippen MR) is 179 cm³/mol. The summed E-state index contributed by atoms with van der Waals surface area (Å²) in [5.74, 6) is -2.97. The van der Waals surface area contributed by atoms with Crippen LogP contribution in [0.15, 0.2) is 91.0 Å². The first-order valence-corrected chi connectivity index (χ1v) is 17.6. The monoisotopic (exact) mass is 638 g/mol. The van der Waals surface area contributed by atoms with Crippen LogP contribution in [0, 0.1) is 0 Å². The van der Waals surface area contributed by atoms with Gasteiger partial charge in [-0.15, -0.1) is 0 Å².